The number of halogens is 2. The van der Waals surface area contributed by atoms with Gasteiger partial charge >= 0.3 is 0 Å². The summed E-state index contributed by atoms with van der Waals surface area (Å²) < 4.78 is 19.2. The van der Waals surface area contributed by atoms with Crippen LogP contribution in [0.4, 0.5) is 4.39 Å². The Labute approximate surface area is 113 Å². The number of aromatic nitrogens is 1. The molecule has 0 amide bonds. The molecule has 1 fully saturated rings. The molecule has 0 radical (unpaired) electrons. The van der Waals surface area contributed by atoms with Gasteiger partial charge in [0.05, 0.1) is 10.2 Å². The van der Waals surface area contributed by atoms with Crippen molar-refractivity contribution in [3.8, 4) is 11.5 Å². The van der Waals surface area contributed by atoms with Gasteiger partial charge in [-0.1, -0.05) is 0 Å². The topological polar surface area (TPSA) is 38.1 Å². The van der Waals surface area contributed by atoms with Crippen LogP contribution in [0.5, 0.6) is 0 Å². The Morgan fingerprint density at radius 2 is 2.28 bits per heavy atom. The molecular formula is C13H12BrFN2O. The van der Waals surface area contributed by atoms with Crippen LogP contribution in [-0.4, -0.2) is 11.0 Å². The average Bonchev–Trinajstić information content (AvgIpc) is 3.08. The molecule has 3 rings (SSSR count). The van der Waals surface area contributed by atoms with E-state index in [0.29, 0.717) is 28.5 Å². The van der Waals surface area contributed by atoms with Crippen LogP contribution < -0.4 is 5.32 Å². The second-order valence-electron chi connectivity index (χ2n) is 4.43. The van der Waals surface area contributed by atoms with Gasteiger partial charge < -0.3 is 9.73 Å². The van der Waals surface area contributed by atoms with Crippen LogP contribution in [0.1, 0.15) is 18.5 Å². The van der Waals surface area contributed by atoms with Gasteiger partial charge in [-0.2, -0.15) is 0 Å². The summed E-state index contributed by atoms with van der Waals surface area (Å²) in [6.45, 7) is 0.702. The van der Waals surface area contributed by atoms with Crippen LogP contribution in [0.15, 0.2) is 33.4 Å². The molecule has 0 saturated heterocycles. The summed E-state index contributed by atoms with van der Waals surface area (Å²) in [5, 5.41) is 3.35. The first kappa shape index (κ1) is 11.9. The molecule has 1 aromatic carbocycles. The smallest absolute Gasteiger partial charge is 0.226 e. The summed E-state index contributed by atoms with van der Waals surface area (Å²) in [6.07, 6.45) is 4.09. The van der Waals surface area contributed by atoms with Crippen LogP contribution in [0.25, 0.3) is 11.5 Å². The van der Waals surface area contributed by atoms with E-state index in [9.17, 15) is 4.39 Å². The van der Waals surface area contributed by atoms with Gasteiger partial charge in [0.2, 0.25) is 5.89 Å². The molecule has 1 saturated carbocycles. The standard InChI is InChI=1S/C13H12BrFN2O/c14-11-4-1-8(5-12(11)15)13-17-10(7-18-13)6-16-9-2-3-9/h1,4-5,7,9,16H,2-3,6H2. The maximum Gasteiger partial charge on any atom is 0.226 e. The minimum absolute atomic E-state index is 0.316. The highest BCUT2D eigenvalue weighted by Gasteiger charge is 2.20. The highest BCUT2D eigenvalue weighted by molar-refractivity contribution is 9.10. The Hall–Kier alpha value is -1.20. The van der Waals surface area contributed by atoms with Gasteiger partial charge in [0, 0.05) is 18.2 Å². The van der Waals surface area contributed by atoms with E-state index in [1.807, 2.05) is 0 Å². The molecule has 2 aromatic rings. The van der Waals surface area contributed by atoms with E-state index in [-0.39, 0.29) is 5.82 Å². The second kappa shape index (κ2) is 4.82. The minimum Gasteiger partial charge on any atom is -0.444 e. The van der Waals surface area contributed by atoms with Crippen LogP contribution in [-0.2, 0) is 6.54 Å². The Balaban J connectivity index is 1.76. The molecule has 18 heavy (non-hydrogen) atoms. The lowest BCUT2D eigenvalue weighted by Crippen LogP contribution is -2.15. The van der Waals surface area contributed by atoms with Crippen molar-refractivity contribution < 1.29 is 8.81 Å². The summed E-state index contributed by atoms with van der Waals surface area (Å²) in [5.41, 5.74) is 1.49. The molecule has 0 aliphatic heterocycles. The maximum absolute atomic E-state index is 13.4. The van der Waals surface area contributed by atoms with E-state index in [4.69, 9.17) is 4.42 Å². The molecule has 1 aliphatic carbocycles. The Kier molecular flexibility index (Phi) is 3.18. The molecule has 5 heteroatoms. The number of benzene rings is 1. The van der Waals surface area contributed by atoms with Crippen molar-refractivity contribution in [3.63, 3.8) is 0 Å². The summed E-state index contributed by atoms with van der Waals surface area (Å²) in [4.78, 5) is 4.34. The van der Waals surface area contributed by atoms with E-state index in [2.05, 4.69) is 26.2 Å². The Morgan fingerprint density at radius 1 is 1.44 bits per heavy atom. The van der Waals surface area contributed by atoms with Gasteiger partial charge in [-0.05, 0) is 47.0 Å². The van der Waals surface area contributed by atoms with Crippen LogP contribution >= 0.6 is 15.9 Å². The zero-order chi connectivity index (χ0) is 12.5. The number of rotatable bonds is 4. The number of hydrogen-bond acceptors (Lipinski definition) is 3. The second-order valence-corrected chi connectivity index (χ2v) is 5.28. The van der Waals surface area contributed by atoms with Crippen molar-refractivity contribution in [2.75, 3.05) is 0 Å². The molecule has 3 nitrogen and oxygen atoms in total. The zero-order valence-corrected chi connectivity index (χ0v) is 11.2. The van der Waals surface area contributed by atoms with E-state index in [0.717, 1.165) is 5.69 Å². The van der Waals surface area contributed by atoms with E-state index < -0.39 is 0 Å². The first-order valence-electron chi connectivity index (χ1n) is 5.85. The molecule has 1 N–H and O–H groups in total. The zero-order valence-electron chi connectivity index (χ0n) is 9.62. The summed E-state index contributed by atoms with van der Waals surface area (Å²) in [6, 6.07) is 5.47. The fourth-order valence-corrected chi connectivity index (χ4v) is 1.93. The third kappa shape index (κ3) is 2.62. The predicted octanol–water partition coefficient (Wildman–Crippen LogP) is 3.50. The molecule has 94 valence electrons. The van der Waals surface area contributed by atoms with Crippen molar-refractivity contribution in [2.24, 2.45) is 0 Å². The maximum atomic E-state index is 13.4. The fraction of sp³-hybridized carbons (Fsp3) is 0.308. The quantitative estimate of drug-likeness (QED) is 0.939. The number of nitrogens with zero attached hydrogens (tertiary/aromatic N) is 1. The van der Waals surface area contributed by atoms with Crippen LogP contribution in [0, 0.1) is 5.82 Å². The van der Waals surface area contributed by atoms with Crippen molar-refractivity contribution >= 4 is 15.9 Å². The largest absolute Gasteiger partial charge is 0.444 e. The third-order valence-electron chi connectivity index (χ3n) is 2.87. The summed E-state index contributed by atoms with van der Waals surface area (Å²) in [7, 11) is 0. The average molecular weight is 311 g/mol. The molecular weight excluding hydrogens is 299 g/mol. The van der Waals surface area contributed by atoms with Crippen molar-refractivity contribution in [3.05, 3.63) is 40.4 Å². The number of nitrogens with one attached hydrogen (secondary N) is 1. The van der Waals surface area contributed by atoms with Gasteiger partial charge in [0.25, 0.3) is 0 Å². The van der Waals surface area contributed by atoms with Gasteiger partial charge in [-0.15, -0.1) is 0 Å². The lowest BCUT2D eigenvalue weighted by atomic mass is 10.2. The Morgan fingerprint density at radius 3 is 3.00 bits per heavy atom. The third-order valence-corrected chi connectivity index (χ3v) is 3.51. The van der Waals surface area contributed by atoms with Gasteiger partial charge in [-0.25, -0.2) is 9.37 Å². The molecule has 0 unspecified atom stereocenters. The van der Waals surface area contributed by atoms with Gasteiger partial charge in [0.1, 0.15) is 12.1 Å². The number of hydrogen-bond donors (Lipinski definition) is 1. The molecule has 0 spiro atoms. The van der Waals surface area contributed by atoms with E-state index >= 15 is 0 Å². The molecule has 1 aromatic heterocycles. The SMILES string of the molecule is Fc1cc(-c2nc(CNC3CC3)co2)ccc1Br. The number of oxazole rings is 1. The lowest BCUT2D eigenvalue weighted by molar-refractivity contribution is 0.567. The van der Waals surface area contributed by atoms with Crippen molar-refractivity contribution in [2.45, 2.75) is 25.4 Å². The lowest BCUT2D eigenvalue weighted by Gasteiger charge is -1.98. The summed E-state index contributed by atoms with van der Waals surface area (Å²) >= 11 is 3.12. The summed E-state index contributed by atoms with van der Waals surface area (Å²) in [5.74, 6) is 0.136. The fourth-order valence-electron chi connectivity index (χ4n) is 1.69. The normalized spacial score (nSPS) is 15.0. The minimum atomic E-state index is -0.316. The molecule has 0 atom stereocenters. The first-order chi connectivity index (χ1) is 8.72. The van der Waals surface area contributed by atoms with E-state index in [1.54, 1.807) is 18.4 Å². The van der Waals surface area contributed by atoms with Gasteiger partial charge in [0.15, 0.2) is 0 Å². The van der Waals surface area contributed by atoms with Crippen LogP contribution in [0.3, 0.4) is 0 Å². The van der Waals surface area contributed by atoms with E-state index in [1.165, 1.54) is 18.9 Å². The van der Waals surface area contributed by atoms with Crippen molar-refractivity contribution in [1.29, 1.82) is 0 Å². The first-order valence-corrected chi connectivity index (χ1v) is 6.65. The Bertz CT molecular complexity index is 566. The predicted molar refractivity (Wildman–Crippen MR) is 69.5 cm³/mol. The van der Waals surface area contributed by atoms with Crippen LogP contribution in [0.2, 0.25) is 0 Å². The highest BCUT2D eigenvalue weighted by atomic mass is 79.9. The molecule has 1 heterocycles. The van der Waals surface area contributed by atoms with Crippen molar-refractivity contribution in [1.82, 2.24) is 10.3 Å². The monoisotopic (exact) mass is 310 g/mol. The van der Waals surface area contributed by atoms with Gasteiger partial charge in [-0.3, -0.25) is 0 Å². The molecule has 0 bridgehead atoms. The highest BCUT2D eigenvalue weighted by Crippen LogP contribution is 2.24. The molecule has 1 aliphatic rings.